The summed E-state index contributed by atoms with van der Waals surface area (Å²) in [6.07, 6.45) is 1.24. The highest BCUT2D eigenvalue weighted by atomic mass is 19.3. The Hall–Kier alpha value is -1.80. The maximum absolute atomic E-state index is 12.5. The minimum Gasteiger partial charge on any atom is -0.434 e. The zero-order valence-corrected chi connectivity index (χ0v) is 12.8. The molecule has 1 unspecified atom stereocenters. The quantitative estimate of drug-likeness (QED) is 0.641. The van der Waals surface area contributed by atoms with E-state index in [2.05, 4.69) is 4.74 Å². The maximum atomic E-state index is 12.5. The molecular formula is C15H20F2N2O4. The molecule has 0 radical (unpaired) electrons. The van der Waals surface area contributed by atoms with Crippen molar-refractivity contribution in [1.29, 1.82) is 0 Å². The minimum absolute atomic E-state index is 0.0387. The van der Waals surface area contributed by atoms with Crippen molar-refractivity contribution in [1.82, 2.24) is 4.90 Å². The van der Waals surface area contributed by atoms with Crippen LogP contribution >= 0.6 is 0 Å². The molecule has 8 heteroatoms. The molecular weight excluding hydrogens is 310 g/mol. The molecule has 1 atom stereocenters. The molecule has 0 saturated carbocycles. The van der Waals surface area contributed by atoms with Crippen LogP contribution in [0.1, 0.15) is 25.3 Å². The molecule has 128 valence electrons. The van der Waals surface area contributed by atoms with Gasteiger partial charge >= 0.3 is 6.61 Å². The lowest BCUT2D eigenvalue weighted by Crippen LogP contribution is -2.36. The van der Waals surface area contributed by atoms with Crippen LogP contribution in [0.25, 0.3) is 0 Å². The number of benzene rings is 1. The lowest BCUT2D eigenvalue weighted by molar-refractivity contribution is -0.385. The van der Waals surface area contributed by atoms with Crippen molar-refractivity contribution in [3.63, 3.8) is 0 Å². The van der Waals surface area contributed by atoms with E-state index in [1.54, 1.807) is 6.92 Å². The molecule has 0 spiro atoms. The maximum Gasteiger partial charge on any atom is 0.387 e. The van der Waals surface area contributed by atoms with Crippen LogP contribution in [0.15, 0.2) is 18.2 Å². The van der Waals surface area contributed by atoms with Crippen LogP contribution in [-0.4, -0.2) is 40.7 Å². The number of nitro benzene ring substituents is 1. The number of hydrogen-bond acceptors (Lipinski definition) is 5. The molecule has 23 heavy (non-hydrogen) atoms. The van der Waals surface area contributed by atoms with E-state index in [1.807, 2.05) is 4.90 Å². The van der Waals surface area contributed by atoms with Gasteiger partial charge in [0.1, 0.15) is 5.75 Å². The number of likely N-dealkylation sites (tertiary alicyclic amines) is 1. The highest BCUT2D eigenvalue weighted by molar-refractivity contribution is 5.43. The molecule has 1 saturated heterocycles. The first-order valence-electron chi connectivity index (χ1n) is 7.49. The number of aliphatic hydroxyl groups excluding tert-OH is 1. The molecule has 0 bridgehead atoms. The summed E-state index contributed by atoms with van der Waals surface area (Å²) < 4.78 is 29.4. The molecule has 1 aliphatic rings. The third kappa shape index (κ3) is 4.84. The van der Waals surface area contributed by atoms with Gasteiger partial charge in [-0.2, -0.15) is 8.78 Å². The Bertz CT molecular complexity index is 546. The van der Waals surface area contributed by atoms with E-state index >= 15 is 0 Å². The SMILES string of the molecule is CC(O)C1CCN(Cc2cc([N+](=O)[O-])ccc2OC(F)F)CC1. The van der Waals surface area contributed by atoms with Crippen LogP contribution in [-0.2, 0) is 6.54 Å². The first-order valence-corrected chi connectivity index (χ1v) is 7.49. The normalized spacial score (nSPS) is 18.1. The highest BCUT2D eigenvalue weighted by Crippen LogP contribution is 2.29. The zero-order valence-electron chi connectivity index (χ0n) is 12.8. The third-order valence-electron chi connectivity index (χ3n) is 4.18. The predicted octanol–water partition coefficient (Wildman–Crippen LogP) is 2.79. The summed E-state index contributed by atoms with van der Waals surface area (Å²) in [7, 11) is 0. The molecule has 1 fully saturated rings. The molecule has 0 aromatic heterocycles. The zero-order chi connectivity index (χ0) is 17.0. The van der Waals surface area contributed by atoms with E-state index in [1.165, 1.54) is 12.1 Å². The van der Waals surface area contributed by atoms with E-state index in [4.69, 9.17) is 0 Å². The average Bonchev–Trinajstić information content (AvgIpc) is 2.49. The van der Waals surface area contributed by atoms with Gasteiger partial charge in [-0.15, -0.1) is 0 Å². The number of halogens is 2. The fraction of sp³-hybridized carbons (Fsp3) is 0.600. The second-order valence-corrected chi connectivity index (χ2v) is 5.78. The molecule has 0 aliphatic carbocycles. The van der Waals surface area contributed by atoms with Crippen LogP contribution in [0.4, 0.5) is 14.5 Å². The fourth-order valence-corrected chi connectivity index (χ4v) is 2.85. The van der Waals surface area contributed by atoms with Gasteiger partial charge in [0.15, 0.2) is 0 Å². The van der Waals surface area contributed by atoms with Crippen molar-refractivity contribution < 1.29 is 23.5 Å². The first-order chi connectivity index (χ1) is 10.9. The molecule has 1 aromatic rings. The molecule has 1 aromatic carbocycles. The van der Waals surface area contributed by atoms with Crippen LogP contribution < -0.4 is 4.74 Å². The number of ether oxygens (including phenoxy) is 1. The Kier molecular flexibility index (Phi) is 5.84. The van der Waals surface area contributed by atoms with Crippen molar-refractivity contribution in [3.05, 3.63) is 33.9 Å². The molecule has 1 aliphatic heterocycles. The Morgan fingerprint density at radius 1 is 1.43 bits per heavy atom. The number of piperidine rings is 1. The number of rotatable bonds is 6. The molecule has 2 rings (SSSR count). The largest absolute Gasteiger partial charge is 0.434 e. The van der Waals surface area contributed by atoms with Gasteiger partial charge in [-0.3, -0.25) is 15.0 Å². The monoisotopic (exact) mass is 330 g/mol. The second-order valence-electron chi connectivity index (χ2n) is 5.78. The Labute approximate surface area is 132 Å². The topological polar surface area (TPSA) is 75.8 Å². The standard InChI is InChI=1S/C15H20F2N2O4/c1-10(20)11-4-6-18(7-5-11)9-12-8-13(19(21)22)2-3-14(12)23-15(16)17/h2-3,8,10-11,15,20H,4-7,9H2,1H3. The van der Waals surface area contributed by atoms with E-state index in [9.17, 15) is 24.0 Å². The van der Waals surface area contributed by atoms with Crippen LogP contribution in [0.3, 0.4) is 0 Å². The van der Waals surface area contributed by atoms with Gasteiger partial charge in [-0.05, 0) is 44.8 Å². The Balaban J connectivity index is 2.10. The summed E-state index contributed by atoms with van der Waals surface area (Å²) in [5, 5.41) is 20.5. The van der Waals surface area contributed by atoms with Crippen LogP contribution in [0, 0.1) is 16.0 Å². The van der Waals surface area contributed by atoms with Gasteiger partial charge in [-0.1, -0.05) is 0 Å². The third-order valence-corrected chi connectivity index (χ3v) is 4.18. The summed E-state index contributed by atoms with van der Waals surface area (Å²) in [4.78, 5) is 12.3. The summed E-state index contributed by atoms with van der Waals surface area (Å²) >= 11 is 0. The van der Waals surface area contributed by atoms with Gasteiger partial charge in [-0.25, -0.2) is 0 Å². The van der Waals surface area contributed by atoms with Crippen molar-refractivity contribution in [2.75, 3.05) is 13.1 Å². The Morgan fingerprint density at radius 3 is 2.61 bits per heavy atom. The number of non-ortho nitro benzene ring substituents is 1. The van der Waals surface area contributed by atoms with Crippen molar-refractivity contribution in [3.8, 4) is 5.75 Å². The summed E-state index contributed by atoms with van der Waals surface area (Å²) in [5.74, 6) is 0.191. The van der Waals surface area contributed by atoms with E-state index in [-0.39, 0.29) is 23.5 Å². The lowest BCUT2D eigenvalue weighted by atomic mass is 9.92. The summed E-state index contributed by atoms with van der Waals surface area (Å²) in [5.41, 5.74) is 0.218. The van der Waals surface area contributed by atoms with Gasteiger partial charge in [0, 0.05) is 24.2 Å². The summed E-state index contributed by atoms with van der Waals surface area (Å²) in [6.45, 7) is 0.487. The first kappa shape index (κ1) is 17.6. The molecule has 1 heterocycles. The van der Waals surface area contributed by atoms with E-state index < -0.39 is 11.5 Å². The second kappa shape index (κ2) is 7.65. The number of alkyl halides is 2. The van der Waals surface area contributed by atoms with Gasteiger partial charge in [0.2, 0.25) is 0 Å². The summed E-state index contributed by atoms with van der Waals surface area (Å²) in [6, 6.07) is 3.64. The van der Waals surface area contributed by atoms with Crippen LogP contribution in [0.2, 0.25) is 0 Å². The van der Waals surface area contributed by atoms with Gasteiger partial charge in [0.25, 0.3) is 5.69 Å². The molecule has 1 N–H and O–H groups in total. The predicted molar refractivity (Wildman–Crippen MR) is 79.4 cm³/mol. The number of aliphatic hydroxyl groups is 1. The molecule has 6 nitrogen and oxygen atoms in total. The molecule has 0 amide bonds. The van der Waals surface area contributed by atoms with E-state index in [0.29, 0.717) is 25.2 Å². The number of hydrogen-bond donors (Lipinski definition) is 1. The average molecular weight is 330 g/mol. The number of nitro groups is 1. The number of nitrogens with zero attached hydrogens (tertiary/aromatic N) is 2. The fourth-order valence-electron chi connectivity index (χ4n) is 2.85. The minimum atomic E-state index is -2.98. The smallest absolute Gasteiger partial charge is 0.387 e. The Morgan fingerprint density at radius 2 is 2.09 bits per heavy atom. The van der Waals surface area contributed by atoms with Crippen LogP contribution in [0.5, 0.6) is 5.75 Å². The van der Waals surface area contributed by atoms with Crippen molar-refractivity contribution >= 4 is 5.69 Å². The highest BCUT2D eigenvalue weighted by Gasteiger charge is 2.24. The van der Waals surface area contributed by atoms with Crippen molar-refractivity contribution in [2.45, 2.75) is 39.0 Å². The van der Waals surface area contributed by atoms with E-state index in [0.717, 1.165) is 18.9 Å². The van der Waals surface area contributed by atoms with Gasteiger partial charge in [0.05, 0.1) is 11.0 Å². The van der Waals surface area contributed by atoms with Gasteiger partial charge < -0.3 is 9.84 Å². The lowest BCUT2D eigenvalue weighted by Gasteiger charge is -2.33. The van der Waals surface area contributed by atoms with Crippen molar-refractivity contribution in [2.24, 2.45) is 5.92 Å².